The maximum absolute atomic E-state index is 11.9. The fourth-order valence-electron chi connectivity index (χ4n) is 2.90. The van der Waals surface area contributed by atoms with Crippen LogP contribution in [0.25, 0.3) is 0 Å². The second-order valence-corrected chi connectivity index (χ2v) is 11.0. The second kappa shape index (κ2) is 10.3. The third kappa shape index (κ3) is 7.91. The van der Waals surface area contributed by atoms with Crippen LogP contribution in [-0.2, 0) is 31.6 Å². The van der Waals surface area contributed by atoms with Gasteiger partial charge in [0, 0.05) is 12.8 Å². The van der Waals surface area contributed by atoms with Crippen molar-refractivity contribution in [3.05, 3.63) is 30.4 Å². The number of imidazole rings is 1. The normalized spacial score (nSPS) is 24.6. The molecular formula is C13H22N5O12P3. The highest BCUT2D eigenvalue weighted by Gasteiger charge is 2.43. The lowest BCUT2D eigenvalue weighted by molar-refractivity contribution is 0.00313. The number of nitrogens with two attached hydrogens (primary N) is 2. The van der Waals surface area contributed by atoms with E-state index in [4.69, 9.17) is 26.0 Å². The van der Waals surface area contributed by atoms with Gasteiger partial charge in [0.1, 0.15) is 6.10 Å². The number of phosphoric ester groups is 1. The SMILES string of the molecule is C=C[C@@H]1C[C@@H](COP(=O)(O)OP(=O)(O)OP(=O)(O)O)O[C@H]1c1cnc(C(C)=O)n1N=C(N)N. The van der Waals surface area contributed by atoms with Crippen LogP contribution in [0, 0.1) is 5.92 Å². The molecule has 1 aromatic heterocycles. The lowest BCUT2D eigenvalue weighted by atomic mass is 9.98. The highest BCUT2D eigenvalue weighted by molar-refractivity contribution is 7.66. The number of guanidine groups is 1. The minimum Gasteiger partial charge on any atom is -0.369 e. The highest BCUT2D eigenvalue weighted by Crippen LogP contribution is 2.66. The Morgan fingerprint density at radius 3 is 2.45 bits per heavy atom. The van der Waals surface area contributed by atoms with Crippen LogP contribution in [0.5, 0.6) is 0 Å². The standard InChI is InChI=1S/C13H22N5O12P3/c1-3-8-4-9(6-27-32(23,24)30-33(25,26)29-31(20,21)22)28-11(8)10-5-16-12(7(2)19)18(10)17-13(14)15/h3,5,8-9,11H,1,4,6H2,2H3,(H,23,24)(H,25,26)(H4,14,15,17)(H2,20,21,22)/t8-,9+,11-/m1/s1. The molecule has 186 valence electrons. The number of ether oxygens (including phenoxy) is 1. The van der Waals surface area contributed by atoms with Gasteiger partial charge in [0.2, 0.25) is 5.96 Å². The van der Waals surface area contributed by atoms with Crippen LogP contribution in [0.1, 0.15) is 35.8 Å². The molecule has 0 amide bonds. The molecule has 1 aliphatic rings. The van der Waals surface area contributed by atoms with E-state index >= 15 is 0 Å². The van der Waals surface area contributed by atoms with Crippen molar-refractivity contribution in [3.63, 3.8) is 0 Å². The number of rotatable bonds is 11. The predicted octanol–water partition coefficient (Wildman–Crippen LogP) is 0.0977. The number of carbonyl (C=O) groups excluding carboxylic acids is 1. The summed E-state index contributed by atoms with van der Waals surface area (Å²) < 4.78 is 52.7. The van der Waals surface area contributed by atoms with Crippen molar-refractivity contribution in [2.75, 3.05) is 6.61 Å². The van der Waals surface area contributed by atoms with Gasteiger partial charge in [0.25, 0.3) is 0 Å². The maximum Gasteiger partial charge on any atom is 0.490 e. The summed E-state index contributed by atoms with van der Waals surface area (Å²) in [7, 11) is -16.5. The molecule has 0 saturated carbocycles. The van der Waals surface area contributed by atoms with Crippen LogP contribution in [0.15, 0.2) is 24.0 Å². The molecular weight excluding hydrogens is 511 g/mol. The molecule has 0 aromatic carbocycles. The number of nitrogens with zero attached hydrogens (tertiary/aromatic N) is 3. The molecule has 0 radical (unpaired) electrons. The molecule has 1 fully saturated rings. The van der Waals surface area contributed by atoms with Crippen molar-refractivity contribution >= 4 is 35.2 Å². The van der Waals surface area contributed by atoms with E-state index in [1.54, 1.807) is 0 Å². The highest BCUT2D eigenvalue weighted by atomic mass is 31.3. The first-order valence-electron chi connectivity index (χ1n) is 8.78. The van der Waals surface area contributed by atoms with E-state index in [1.807, 2.05) is 0 Å². The van der Waals surface area contributed by atoms with Gasteiger partial charge in [0.05, 0.1) is 24.6 Å². The summed E-state index contributed by atoms with van der Waals surface area (Å²) in [6.07, 6.45) is 1.27. The average molecular weight is 533 g/mol. The lowest BCUT2D eigenvalue weighted by Crippen LogP contribution is -2.26. The summed E-state index contributed by atoms with van der Waals surface area (Å²) in [5.74, 6) is -1.32. The van der Waals surface area contributed by atoms with Crippen LogP contribution in [0.4, 0.5) is 0 Å². The molecule has 0 aliphatic carbocycles. The summed E-state index contributed by atoms with van der Waals surface area (Å²) >= 11 is 0. The minimum absolute atomic E-state index is 0.0819. The molecule has 0 spiro atoms. The molecule has 0 bridgehead atoms. The largest absolute Gasteiger partial charge is 0.490 e. The van der Waals surface area contributed by atoms with E-state index < -0.39 is 54.0 Å². The number of phosphoric acid groups is 3. The van der Waals surface area contributed by atoms with Gasteiger partial charge in [-0.05, 0) is 6.42 Å². The Labute approximate surface area is 186 Å². The fourth-order valence-corrected chi connectivity index (χ4v) is 5.95. The van der Waals surface area contributed by atoms with Crippen LogP contribution in [-0.4, -0.2) is 53.7 Å². The quantitative estimate of drug-likeness (QED) is 0.0723. The summed E-state index contributed by atoms with van der Waals surface area (Å²) in [5, 5.41) is 3.85. The third-order valence-electron chi connectivity index (χ3n) is 3.99. The molecule has 2 rings (SSSR count). The molecule has 1 aliphatic heterocycles. The molecule has 17 nitrogen and oxygen atoms in total. The molecule has 5 atom stereocenters. The first-order chi connectivity index (χ1) is 15.0. The Morgan fingerprint density at radius 2 is 1.94 bits per heavy atom. The minimum atomic E-state index is -5.64. The molecule has 33 heavy (non-hydrogen) atoms. The van der Waals surface area contributed by atoms with Gasteiger partial charge in [-0.15, -0.1) is 11.7 Å². The Hall–Kier alpha value is -1.74. The van der Waals surface area contributed by atoms with Gasteiger partial charge in [-0.2, -0.15) is 8.62 Å². The van der Waals surface area contributed by atoms with Gasteiger partial charge >= 0.3 is 23.5 Å². The number of carbonyl (C=O) groups is 1. The van der Waals surface area contributed by atoms with E-state index in [0.717, 1.165) is 4.68 Å². The predicted molar refractivity (Wildman–Crippen MR) is 109 cm³/mol. The summed E-state index contributed by atoms with van der Waals surface area (Å²) in [4.78, 5) is 51.7. The third-order valence-corrected chi connectivity index (χ3v) is 7.79. The summed E-state index contributed by atoms with van der Waals surface area (Å²) in [6, 6.07) is 0. The van der Waals surface area contributed by atoms with E-state index in [9.17, 15) is 28.3 Å². The van der Waals surface area contributed by atoms with E-state index in [2.05, 4.69) is 29.8 Å². The maximum atomic E-state index is 11.9. The summed E-state index contributed by atoms with van der Waals surface area (Å²) in [6.45, 7) is 4.28. The number of aromatic nitrogens is 2. The van der Waals surface area contributed by atoms with Crippen LogP contribution < -0.4 is 11.5 Å². The number of Topliss-reactive ketones (excluding diaryl/α,β-unsaturated/α-hetero) is 1. The van der Waals surface area contributed by atoms with Crippen molar-refractivity contribution < 1.29 is 55.9 Å². The Kier molecular flexibility index (Phi) is 8.55. The van der Waals surface area contributed by atoms with Crippen LogP contribution in [0.2, 0.25) is 0 Å². The van der Waals surface area contributed by atoms with Crippen LogP contribution in [0.3, 0.4) is 0 Å². The van der Waals surface area contributed by atoms with Crippen LogP contribution >= 0.6 is 23.5 Å². The summed E-state index contributed by atoms with van der Waals surface area (Å²) in [5.41, 5.74) is 11.1. The second-order valence-electron chi connectivity index (χ2n) is 6.60. The molecule has 2 unspecified atom stereocenters. The van der Waals surface area contributed by atoms with Crippen molar-refractivity contribution in [1.82, 2.24) is 9.66 Å². The first kappa shape index (κ1) is 27.5. The van der Waals surface area contributed by atoms with E-state index in [0.29, 0.717) is 0 Å². The van der Waals surface area contributed by atoms with Gasteiger partial charge in [-0.25, -0.2) is 23.4 Å². The smallest absolute Gasteiger partial charge is 0.369 e. The monoisotopic (exact) mass is 533 g/mol. The Morgan fingerprint density at radius 1 is 1.30 bits per heavy atom. The van der Waals surface area contributed by atoms with E-state index in [1.165, 1.54) is 19.2 Å². The van der Waals surface area contributed by atoms with E-state index in [-0.39, 0.29) is 23.9 Å². The van der Waals surface area contributed by atoms with Gasteiger partial charge in [0.15, 0.2) is 11.6 Å². The zero-order valence-electron chi connectivity index (χ0n) is 16.9. The molecule has 2 heterocycles. The zero-order valence-corrected chi connectivity index (χ0v) is 19.6. The molecule has 1 saturated heterocycles. The fraction of sp³-hybridized carbons (Fsp3) is 0.462. The molecule has 1 aromatic rings. The van der Waals surface area contributed by atoms with Crippen molar-refractivity contribution in [2.45, 2.75) is 25.6 Å². The first-order valence-corrected chi connectivity index (χ1v) is 13.3. The van der Waals surface area contributed by atoms with Crippen molar-refractivity contribution in [1.29, 1.82) is 0 Å². The number of hydrogen-bond acceptors (Lipinski definition) is 10. The molecule has 8 N–H and O–H groups in total. The topological polar surface area (TPSA) is 268 Å². The Bertz CT molecular complexity index is 1080. The number of hydrogen-bond donors (Lipinski definition) is 6. The number of ketones is 1. The average Bonchev–Trinajstić information content (AvgIpc) is 3.19. The zero-order chi connectivity index (χ0) is 25.2. The van der Waals surface area contributed by atoms with Crippen molar-refractivity contribution in [2.24, 2.45) is 22.5 Å². The lowest BCUT2D eigenvalue weighted by Gasteiger charge is -2.18. The van der Waals surface area contributed by atoms with Gasteiger partial charge < -0.3 is 35.8 Å². The Balaban J connectivity index is 2.15. The van der Waals surface area contributed by atoms with Gasteiger partial charge in [-0.1, -0.05) is 6.08 Å². The molecule has 20 heteroatoms. The van der Waals surface area contributed by atoms with Gasteiger partial charge in [-0.3, -0.25) is 9.32 Å². The van der Waals surface area contributed by atoms with Crippen molar-refractivity contribution in [3.8, 4) is 0 Å².